The average Bonchev–Trinajstić information content (AvgIpc) is 2.35. The summed E-state index contributed by atoms with van der Waals surface area (Å²) < 4.78 is 5.18. The Hall–Kier alpha value is -2.04. The normalized spacial score (nSPS) is 19.7. The number of carbonyl (C=O) groups excluding carboxylic acids is 2. The maximum Gasteiger partial charge on any atom is 0.247 e. The number of hydrogen-bond donors (Lipinski definition) is 1. The molecule has 0 saturated carbocycles. The Kier molecular flexibility index (Phi) is 3.23. The topological polar surface area (TPSA) is 58.6 Å². The van der Waals surface area contributed by atoms with Crippen LogP contribution < -0.4 is 15.0 Å². The fraction of sp³-hybridized carbons (Fsp3) is 0.385. The van der Waals surface area contributed by atoms with Crippen LogP contribution in [0.2, 0.25) is 0 Å². The number of rotatable bonds is 2. The fourth-order valence-electron chi connectivity index (χ4n) is 2.11. The summed E-state index contributed by atoms with van der Waals surface area (Å²) in [6, 6.07) is 4.96. The summed E-state index contributed by atoms with van der Waals surface area (Å²) in [6.07, 6.45) is 0. The number of nitrogens with one attached hydrogen (secondary N) is 1. The van der Waals surface area contributed by atoms with Gasteiger partial charge in [0.2, 0.25) is 11.8 Å². The summed E-state index contributed by atoms with van der Waals surface area (Å²) in [4.78, 5) is 25.0. The molecule has 0 aromatic heterocycles. The number of ether oxygens (including phenoxy) is 1. The Morgan fingerprint density at radius 2 is 2.11 bits per heavy atom. The molecule has 1 atom stereocenters. The van der Waals surface area contributed by atoms with Crippen LogP contribution in [0.1, 0.15) is 12.5 Å². The maximum absolute atomic E-state index is 11.9. The predicted octanol–water partition coefficient (Wildman–Crippen LogP) is 0.855. The van der Waals surface area contributed by atoms with Gasteiger partial charge in [-0.25, -0.2) is 0 Å². The smallest absolute Gasteiger partial charge is 0.247 e. The number of nitrogens with zero attached hydrogens (tertiary/aromatic N) is 1. The predicted molar refractivity (Wildman–Crippen MR) is 67.7 cm³/mol. The van der Waals surface area contributed by atoms with E-state index in [0.717, 1.165) is 17.0 Å². The van der Waals surface area contributed by atoms with E-state index >= 15 is 0 Å². The number of aryl methyl sites for hydroxylation is 1. The van der Waals surface area contributed by atoms with Gasteiger partial charge in [0.1, 0.15) is 11.8 Å². The molecule has 5 heteroatoms. The van der Waals surface area contributed by atoms with Crippen LogP contribution >= 0.6 is 0 Å². The Bertz CT molecular complexity index is 499. The monoisotopic (exact) mass is 248 g/mol. The lowest BCUT2D eigenvalue weighted by Gasteiger charge is -2.33. The van der Waals surface area contributed by atoms with Crippen molar-refractivity contribution in [2.45, 2.75) is 19.9 Å². The highest BCUT2D eigenvalue weighted by atomic mass is 16.5. The number of carbonyl (C=O) groups is 2. The van der Waals surface area contributed by atoms with Crippen LogP contribution in [0.15, 0.2) is 18.2 Å². The van der Waals surface area contributed by atoms with Gasteiger partial charge < -0.3 is 10.1 Å². The van der Waals surface area contributed by atoms with Crippen LogP contribution in [0.5, 0.6) is 5.75 Å². The highest BCUT2D eigenvalue weighted by molar-refractivity contribution is 6.06. The molecule has 2 rings (SSSR count). The highest BCUT2D eigenvalue weighted by Gasteiger charge is 2.32. The number of benzene rings is 1. The van der Waals surface area contributed by atoms with Gasteiger partial charge >= 0.3 is 0 Å². The molecule has 0 bridgehead atoms. The van der Waals surface area contributed by atoms with Crippen molar-refractivity contribution in [1.29, 1.82) is 0 Å². The third-order valence-corrected chi connectivity index (χ3v) is 3.11. The molecule has 0 radical (unpaired) electrons. The molecule has 1 saturated heterocycles. The van der Waals surface area contributed by atoms with Crippen LogP contribution in [0.25, 0.3) is 0 Å². The van der Waals surface area contributed by atoms with Crippen molar-refractivity contribution in [2.24, 2.45) is 0 Å². The first-order valence-electron chi connectivity index (χ1n) is 5.79. The lowest BCUT2D eigenvalue weighted by molar-refractivity contribution is -0.130. The van der Waals surface area contributed by atoms with Crippen LogP contribution in [-0.4, -0.2) is 31.5 Å². The Balaban J connectivity index is 2.37. The zero-order chi connectivity index (χ0) is 13.3. The summed E-state index contributed by atoms with van der Waals surface area (Å²) in [7, 11) is 1.60. The first kappa shape index (κ1) is 12.4. The second-order valence-electron chi connectivity index (χ2n) is 4.31. The molecule has 1 aliphatic rings. The van der Waals surface area contributed by atoms with Crippen molar-refractivity contribution in [3.05, 3.63) is 23.8 Å². The number of hydrogen-bond acceptors (Lipinski definition) is 3. The van der Waals surface area contributed by atoms with E-state index in [4.69, 9.17) is 4.74 Å². The van der Waals surface area contributed by atoms with Crippen molar-refractivity contribution in [3.8, 4) is 5.75 Å². The first-order valence-corrected chi connectivity index (χ1v) is 5.79. The van der Waals surface area contributed by atoms with Crippen LogP contribution in [0.3, 0.4) is 0 Å². The molecule has 2 amide bonds. The Morgan fingerprint density at radius 1 is 1.39 bits per heavy atom. The van der Waals surface area contributed by atoms with Crippen molar-refractivity contribution in [2.75, 3.05) is 18.6 Å². The number of anilines is 1. The standard InChI is InChI=1S/C13H16N2O3/c1-8-6-10(4-5-11(8)18-3)15-9(2)13(17)14-7-12(15)16/h4-6,9H,7H2,1-3H3,(H,14,17). The van der Waals surface area contributed by atoms with Crippen LogP contribution in [-0.2, 0) is 9.59 Å². The van der Waals surface area contributed by atoms with Crippen molar-refractivity contribution < 1.29 is 14.3 Å². The van der Waals surface area contributed by atoms with Gasteiger partial charge in [0, 0.05) is 5.69 Å². The molecule has 1 aromatic carbocycles. The van der Waals surface area contributed by atoms with Crippen molar-refractivity contribution in [1.82, 2.24) is 5.32 Å². The van der Waals surface area contributed by atoms with Gasteiger partial charge in [0.25, 0.3) is 0 Å². The van der Waals surface area contributed by atoms with Gasteiger partial charge in [0.05, 0.1) is 13.7 Å². The zero-order valence-electron chi connectivity index (χ0n) is 10.7. The molecule has 1 aromatic rings. The lowest BCUT2D eigenvalue weighted by Crippen LogP contribution is -2.57. The fourth-order valence-corrected chi connectivity index (χ4v) is 2.11. The SMILES string of the molecule is COc1ccc(N2C(=O)CNC(=O)C2C)cc1C. The minimum absolute atomic E-state index is 0.0499. The van der Waals surface area contributed by atoms with Crippen molar-refractivity contribution >= 4 is 17.5 Å². The summed E-state index contributed by atoms with van der Waals surface area (Å²) in [6.45, 7) is 3.67. The third-order valence-electron chi connectivity index (χ3n) is 3.11. The molecule has 96 valence electrons. The summed E-state index contributed by atoms with van der Waals surface area (Å²) >= 11 is 0. The van der Waals surface area contributed by atoms with Gasteiger partial charge in [-0.15, -0.1) is 0 Å². The van der Waals surface area contributed by atoms with Crippen LogP contribution in [0.4, 0.5) is 5.69 Å². The summed E-state index contributed by atoms with van der Waals surface area (Å²) in [5.74, 6) is 0.523. The Labute approximate surface area is 106 Å². The minimum Gasteiger partial charge on any atom is -0.496 e. The van der Waals surface area contributed by atoms with E-state index in [1.165, 1.54) is 4.90 Å². The lowest BCUT2D eigenvalue weighted by atomic mass is 10.1. The number of methoxy groups -OCH3 is 1. The molecule has 1 aliphatic heterocycles. The molecular weight excluding hydrogens is 232 g/mol. The molecule has 0 spiro atoms. The number of piperazine rings is 1. The maximum atomic E-state index is 11.9. The van der Waals surface area contributed by atoms with E-state index in [9.17, 15) is 9.59 Å². The molecule has 1 N–H and O–H groups in total. The van der Waals surface area contributed by atoms with Gasteiger partial charge in [0.15, 0.2) is 0 Å². The third kappa shape index (κ3) is 2.03. The van der Waals surface area contributed by atoms with Gasteiger partial charge in [-0.2, -0.15) is 0 Å². The van der Waals surface area contributed by atoms with Crippen LogP contribution in [0, 0.1) is 6.92 Å². The first-order chi connectivity index (χ1) is 8.54. The zero-order valence-corrected chi connectivity index (χ0v) is 10.7. The summed E-state index contributed by atoms with van der Waals surface area (Å²) in [5, 5.41) is 2.56. The highest BCUT2D eigenvalue weighted by Crippen LogP contribution is 2.26. The van der Waals surface area contributed by atoms with E-state index in [1.807, 2.05) is 13.0 Å². The van der Waals surface area contributed by atoms with Gasteiger partial charge in [-0.05, 0) is 37.6 Å². The number of amides is 2. The van der Waals surface area contributed by atoms with E-state index in [-0.39, 0.29) is 18.4 Å². The molecule has 1 fully saturated rings. The van der Waals surface area contributed by atoms with E-state index in [0.29, 0.717) is 0 Å². The van der Waals surface area contributed by atoms with Gasteiger partial charge in [-0.3, -0.25) is 14.5 Å². The van der Waals surface area contributed by atoms with E-state index < -0.39 is 6.04 Å². The second-order valence-corrected chi connectivity index (χ2v) is 4.31. The molecule has 1 unspecified atom stereocenters. The molecule has 0 aliphatic carbocycles. The second kappa shape index (κ2) is 4.68. The minimum atomic E-state index is -0.487. The summed E-state index contributed by atoms with van der Waals surface area (Å²) in [5.41, 5.74) is 1.65. The molecule has 18 heavy (non-hydrogen) atoms. The van der Waals surface area contributed by atoms with Crippen molar-refractivity contribution in [3.63, 3.8) is 0 Å². The molecule has 1 heterocycles. The average molecular weight is 248 g/mol. The van der Waals surface area contributed by atoms with E-state index in [1.54, 1.807) is 26.2 Å². The Morgan fingerprint density at radius 3 is 2.72 bits per heavy atom. The molecule has 5 nitrogen and oxygen atoms in total. The van der Waals surface area contributed by atoms with E-state index in [2.05, 4.69) is 5.32 Å². The largest absolute Gasteiger partial charge is 0.496 e. The quantitative estimate of drug-likeness (QED) is 0.844. The van der Waals surface area contributed by atoms with Gasteiger partial charge in [-0.1, -0.05) is 0 Å². The molecular formula is C13H16N2O3.